The van der Waals surface area contributed by atoms with Crippen LogP contribution in [0.3, 0.4) is 0 Å². The number of hydrogen-bond acceptors (Lipinski definition) is 5. The summed E-state index contributed by atoms with van der Waals surface area (Å²) in [6.07, 6.45) is 4.47. The van der Waals surface area contributed by atoms with E-state index < -0.39 is 18.5 Å². The predicted molar refractivity (Wildman–Crippen MR) is 119 cm³/mol. The van der Waals surface area contributed by atoms with Crippen LogP contribution in [0.15, 0.2) is 60.7 Å². The third kappa shape index (κ3) is 4.29. The van der Waals surface area contributed by atoms with E-state index in [4.69, 9.17) is 16.3 Å². The number of imide groups is 1. The van der Waals surface area contributed by atoms with Crippen LogP contribution in [0.5, 0.6) is 0 Å². The van der Waals surface area contributed by atoms with Gasteiger partial charge in [-0.15, -0.1) is 0 Å². The largest absolute Gasteiger partial charge is 0.452 e. The molecule has 164 valence electrons. The number of nitrogens with zero attached hydrogens (tertiary/aromatic N) is 1. The lowest BCUT2D eigenvalue weighted by Crippen LogP contribution is -2.31. The number of nitrogens with one attached hydrogen (secondary N) is 1. The maximum absolute atomic E-state index is 12.9. The van der Waals surface area contributed by atoms with Crippen molar-refractivity contribution in [2.45, 2.75) is 13.3 Å². The van der Waals surface area contributed by atoms with Crippen molar-refractivity contribution in [2.24, 2.45) is 17.8 Å². The molecule has 1 aliphatic heterocycles. The van der Waals surface area contributed by atoms with Gasteiger partial charge in [-0.2, -0.15) is 0 Å². The Morgan fingerprint density at radius 2 is 1.88 bits per heavy atom. The smallest absolute Gasteiger partial charge is 0.338 e. The minimum atomic E-state index is -0.691. The second-order valence-electron chi connectivity index (χ2n) is 7.85. The number of anilines is 2. The highest BCUT2D eigenvalue weighted by Gasteiger charge is 2.50. The Bertz CT molecular complexity index is 1110. The van der Waals surface area contributed by atoms with Crippen LogP contribution in [0.4, 0.5) is 11.4 Å². The number of halogens is 1. The van der Waals surface area contributed by atoms with Gasteiger partial charge in [0.1, 0.15) is 0 Å². The van der Waals surface area contributed by atoms with Crippen molar-refractivity contribution >= 4 is 46.7 Å². The monoisotopic (exact) mass is 452 g/mol. The number of ether oxygens (including phenoxy) is 1. The summed E-state index contributed by atoms with van der Waals surface area (Å²) in [4.78, 5) is 51.1. The summed E-state index contributed by atoms with van der Waals surface area (Å²) in [6, 6.07) is 12.6. The van der Waals surface area contributed by atoms with E-state index in [2.05, 4.69) is 5.32 Å². The number of allylic oxidation sites excluding steroid dienone is 2. The maximum Gasteiger partial charge on any atom is 0.338 e. The molecule has 4 rings (SSSR count). The first-order valence-electron chi connectivity index (χ1n) is 10.2. The molecule has 8 heteroatoms. The molecule has 0 bridgehead atoms. The quantitative estimate of drug-likeness (QED) is 0.422. The molecule has 0 unspecified atom stereocenters. The molecule has 2 aromatic carbocycles. The minimum Gasteiger partial charge on any atom is -0.452 e. The van der Waals surface area contributed by atoms with E-state index in [1.807, 2.05) is 19.1 Å². The number of fused-ring (bicyclic) bond motifs is 1. The van der Waals surface area contributed by atoms with Crippen LogP contribution in [0.25, 0.3) is 0 Å². The van der Waals surface area contributed by atoms with Gasteiger partial charge in [-0.1, -0.05) is 36.7 Å². The average molecular weight is 453 g/mol. The van der Waals surface area contributed by atoms with Crippen LogP contribution >= 0.6 is 11.6 Å². The standard InChI is InChI=1S/C24H21ClN2O5/c1-14-4-2-7-19-21(14)23(30)27(22(19)29)18-10-8-15(9-11-18)24(31)32-13-20(28)26-17-6-3-5-16(25)12-17/h2-6,8-12,14,19,21H,7,13H2,1H3,(H,26,28)/t14-,19-,21-/m1/s1. The normalized spacial score (nSPS) is 21.9. The Kier molecular flexibility index (Phi) is 6.10. The topological polar surface area (TPSA) is 92.8 Å². The number of hydrogen-bond donors (Lipinski definition) is 1. The lowest BCUT2D eigenvalue weighted by Gasteiger charge is -2.22. The van der Waals surface area contributed by atoms with Crippen molar-refractivity contribution in [2.75, 3.05) is 16.8 Å². The van der Waals surface area contributed by atoms with Crippen LogP contribution in [0.1, 0.15) is 23.7 Å². The summed E-state index contributed by atoms with van der Waals surface area (Å²) in [6.45, 7) is 1.47. The van der Waals surface area contributed by atoms with Gasteiger partial charge in [0.15, 0.2) is 6.61 Å². The van der Waals surface area contributed by atoms with E-state index in [0.717, 1.165) is 0 Å². The maximum atomic E-state index is 12.9. The van der Waals surface area contributed by atoms with E-state index in [1.165, 1.54) is 29.2 Å². The molecule has 3 amide bonds. The first-order chi connectivity index (χ1) is 15.3. The molecule has 32 heavy (non-hydrogen) atoms. The van der Waals surface area contributed by atoms with E-state index in [9.17, 15) is 19.2 Å². The first-order valence-corrected chi connectivity index (χ1v) is 10.6. The van der Waals surface area contributed by atoms with Gasteiger partial charge in [0.2, 0.25) is 11.8 Å². The van der Waals surface area contributed by atoms with Gasteiger partial charge in [0.05, 0.1) is 23.1 Å². The molecule has 1 fully saturated rings. The summed E-state index contributed by atoms with van der Waals surface area (Å²) >= 11 is 5.87. The second kappa shape index (κ2) is 8.96. The highest BCUT2D eigenvalue weighted by Crippen LogP contribution is 2.40. The van der Waals surface area contributed by atoms with Crippen LogP contribution < -0.4 is 10.2 Å². The molecular weight excluding hydrogens is 432 g/mol. The first kappa shape index (κ1) is 21.8. The van der Waals surface area contributed by atoms with Gasteiger partial charge < -0.3 is 10.1 Å². The number of carbonyl (C=O) groups excluding carboxylic acids is 4. The molecule has 3 atom stereocenters. The van der Waals surface area contributed by atoms with Crippen molar-refractivity contribution in [1.29, 1.82) is 0 Å². The van der Waals surface area contributed by atoms with Crippen molar-refractivity contribution in [3.05, 3.63) is 71.3 Å². The molecule has 7 nitrogen and oxygen atoms in total. The Morgan fingerprint density at radius 3 is 2.56 bits per heavy atom. The molecule has 2 aromatic rings. The fourth-order valence-electron chi connectivity index (χ4n) is 4.13. The Balaban J connectivity index is 1.37. The zero-order valence-electron chi connectivity index (χ0n) is 17.3. The third-order valence-electron chi connectivity index (χ3n) is 5.68. The van der Waals surface area contributed by atoms with E-state index >= 15 is 0 Å². The van der Waals surface area contributed by atoms with Crippen LogP contribution in [-0.2, 0) is 19.1 Å². The molecule has 0 spiro atoms. The Labute approximate surface area is 190 Å². The fraction of sp³-hybridized carbons (Fsp3) is 0.250. The molecule has 0 radical (unpaired) electrons. The van der Waals surface area contributed by atoms with Gasteiger partial charge in [-0.05, 0) is 54.8 Å². The van der Waals surface area contributed by atoms with Crippen LogP contribution in [-0.4, -0.2) is 30.3 Å². The zero-order chi connectivity index (χ0) is 22.8. The highest BCUT2D eigenvalue weighted by molar-refractivity contribution is 6.30. The Morgan fingerprint density at radius 1 is 1.12 bits per heavy atom. The summed E-state index contributed by atoms with van der Waals surface area (Å²) in [7, 11) is 0. The third-order valence-corrected chi connectivity index (χ3v) is 5.91. The molecule has 0 aromatic heterocycles. The average Bonchev–Trinajstić information content (AvgIpc) is 3.03. The summed E-state index contributed by atoms with van der Waals surface area (Å²) in [5.41, 5.74) is 1.11. The fourth-order valence-corrected chi connectivity index (χ4v) is 4.32. The molecule has 2 aliphatic rings. The van der Waals surface area contributed by atoms with Crippen molar-refractivity contribution in [3.8, 4) is 0 Å². The molecule has 0 saturated carbocycles. The van der Waals surface area contributed by atoms with E-state index in [-0.39, 0.29) is 35.1 Å². The Hall–Kier alpha value is -3.45. The van der Waals surface area contributed by atoms with Gasteiger partial charge in [0.25, 0.3) is 5.91 Å². The molecular formula is C24H21ClN2O5. The molecule has 1 saturated heterocycles. The number of rotatable bonds is 5. The summed E-state index contributed by atoms with van der Waals surface area (Å²) in [5.74, 6) is -2.32. The lowest BCUT2D eigenvalue weighted by molar-refractivity contribution is -0.123. The number of benzene rings is 2. The van der Waals surface area contributed by atoms with Gasteiger partial charge in [-0.3, -0.25) is 19.3 Å². The molecule has 1 N–H and O–H groups in total. The number of amides is 3. The van der Waals surface area contributed by atoms with Gasteiger partial charge >= 0.3 is 5.97 Å². The van der Waals surface area contributed by atoms with Gasteiger partial charge in [0, 0.05) is 10.7 Å². The van der Waals surface area contributed by atoms with Crippen LogP contribution in [0.2, 0.25) is 5.02 Å². The van der Waals surface area contributed by atoms with E-state index in [1.54, 1.807) is 24.3 Å². The van der Waals surface area contributed by atoms with Crippen molar-refractivity contribution in [1.82, 2.24) is 0 Å². The van der Waals surface area contributed by atoms with Crippen LogP contribution in [0, 0.1) is 17.8 Å². The van der Waals surface area contributed by atoms with Crippen molar-refractivity contribution in [3.63, 3.8) is 0 Å². The minimum absolute atomic E-state index is 0.00232. The lowest BCUT2D eigenvalue weighted by atomic mass is 9.78. The second-order valence-corrected chi connectivity index (χ2v) is 8.29. The van der Waals surface area contributed by atoms with Gasteiger partial charge in [-0.25, -0.2) is 4.79 Å². The predicted octanol–water partition coefficient (Wildman–Crippen LogP) is 3.84. The summed E-state index contributed by atoms with van der Waals surface area (Å²) in [5, 5.41) is 3.06. The number of carbonyl (C=O) groups is 4. The molecule has 1 aliphatic carbocycles. The van der Waals surface area contributed by atoms with E-state index in [0.29, 0.717) is 22.8 Å². The SMILES string of the molecule is C[C@@H]1C=CC[C@H]2C(=O)N(c3ccc(C(=O)OCC(=O)Nc4cccc(Cl)c4)cc3)C(=O)[C@H]12. The molecule has 1 heterocycles. The summed E-state index contributed by atoms with van der Waals surface area (Å²) < 4.78 is 5.05. The van der Waals surface area contributed by atoms with Crippen molar-refractivity contribution < 1.29 is 23.9 Å². The zero-order valence-corrected chi connectivity index (χ0v) is 18.0. The highest BCUT2D eigenvalue weighted by atomic mass is 35.5. The number of esters is 1.